The molecule has 2 amide bonds. The number of carbonyl (C=O) groups excluding carboxylic acids is 2. The maximum absolute atomic E-state index is 14.9. The number of nitrogens with zero attached hydrogens (tertiary/aromatic N) is 1. The van der Waals surface area contributed by atoms with Crippen LogP contribution in [0.1, 0.15) is 39.9 Å². The Morgan fingerprint density at radius 3 is 2.12 bits per heavy atom. The van der Waals surface area contributed by atoms with Crippen molar-refractivity contribution in [2.24, 2.45) is 0 Å². The van der Waals surface area contributed by atoms with Gasteiger partial charge < -0.3 is 10.2 Å². The van der Waals surface area contributed by atoms with Crippen LogP contribution in [0, 0.1) is 0 Å². The highest BCUT2D eigenvalue weighted by molar-refractivity contribution is 9.10. The van der Waals surface area contributed by atoms with Gasteiger partial charge in [-0.3, -0.25) is 9.59 Å². The first-order valence-corrected chi connectivity index (χ1v) is 12.0. The van der Waals surface area contributed by atoms with Crippen LogP contribution in [0.15, 0.2) is 46.9 Å². The smallest absolute Gasteiger partial charge is 0.341 e. The summed E-state index contributed by atoms with van der Waals surface area (Å²) >= 11 is 8.71. The van der Waals surface area contributed by atoms with E-state index in [9.17, 15) is 53.5 Å². The molecule has 4 nitrogen and oxygen atoms in total. The predicted octanol–water partition coefficient (Wildman–Crippen LogP) is 7.92. The number of carbonyl (C=O) groups is 2. The topological polar surface area (TPSA) is 49.4 Å². The van der Waals surface area contributed by atoms with E-state index in [2.05, 4.69) is 15.9 Å². The van der Waals surface area contributed by atoms with Crippen molar-refractivity contribution in [2.75, 3.05) is 13.6 Å². The third-order valence-electron chi connectivity index (χ3n) is 5.32. The minimum absolute atomic E-state index is 0.0563. The summed E-state index contributed by atoms with van der Waals surface area (Å²) in [5, 5.41) is 1.89. The quantitative estimate of drug-likeness (QED) is 0.304. The van der Waals surface area contributed by atoms with E-state index in [-0.39, 0.29) is 26.5 Å². The van der Waals surface area contributed by atoms with Gasteiger partial charge in [0, 0.05) is 17.1 Å². The molecule has 2 rings (SSSR count). The molecule has 2 aromatic rings. The third kappa shape index (κ3) is 8.85. The number of nitrogens with one attached hydrogen (secondary N) is 1. The van der Waals surface area contributed by atoms with Gasteiger partial charge >= 0.3 is 18.5 Å². The number of hydrogen-bond acceptors (Lipinski definition) is 2. The van der Waals surface area contributed by atoms with Crippen LogP contribution < -0.4 is 5.32 Å². The SMILES string of the molecule is C[C@@H](NC(=O)c1ccc(/C(F)=C/C(c2ccc(Cl)c(Br)c2)C(F)(F)F)cc1C(F)(F)F)C(=O)N(C)CC(F)(F)F. The fraction of sp³-hybridized carbons (Fsp3) is 0.333. The summed E-state index contributed by atoms with van der Waals surface area (Å²) in [4.78, 5) is 24.8. The number of likely N-dealkylation sites (N-methyl/N-ethyl adjacent to an activating group) is 1. The summed E-state index contributed by atoms with van der Waals surface area (Å²) in [5.74, 6) is -7.08. The molecule has 2 atom stereocenters. The van der Waals surface area contributed by atoms with E-state index in [1.54, 1.807) is 0 Å². The second-order valence-corrected chi connectivity index (χ2v) is 9.73. The minimum Gasteiger partial charge on any atom is -0.341 e. The van der Waals surface area contributed by atoms with Gasteiger partial charge in [0.05, 0.1) is 16.1 Å². The standard InChI is InChI=1S/C24H18BrClF10N2O2/c1-11(21(40)38(2)10-22(28,29)30)37-20(39)14-5-3-13(7-16(14)24(34,35)36)19(27)9-15(23(31,32)33)12-4-6-18(26)17(25)8-12/h3-9,11,15H,10H2,1-2H3,(H,37,39)/b19-9-/t11-,15?/m1/s1. The summed E-state index contributed by atoms with van der Waals surface area (Å²) in [6.45, 7) is -0.754. The van der Waals surface area contributed by atoms with Crippen molar-refractivity contribution in [1.29, 1.82) is 0 Å². The Balaban J connectivity index is 2.44. The Hall–Kier alpha value is -2.81. The lowest BCUT2D eigenvalue weighted by molar-refractivity contribution is -0.159. The minimum atomic E-state index is -5.31. The third-order valence-corrected chi connectivity index (χ3v) is 6.54. The molecule has 1 unspecified atom stereocenters. The molecule has 16 heteroatoms. The normalized spacial score (nSPS) is 14.5. The van der Waals surface area contributed by atoms with Crippen molar-refractivity contribution in [2.45, 2.75) is 37.4 Å². The van der Waals surface area contributed by atoms with Crippen molar-refractivity contribution in [1.82, 2.24) is 10.2 Å². The molecule has 0 aliphatic rings. The summed E-state index contributed by atoms with van der Waals surface area (Å²) in [6.07, 6.45) is -15.1. The molecule has 0 aliphatic carbocycles. The lowest BCUT2D eigenvalue weighted by Gasteiger charge is -2.23. The van der Waals surface area contributed by atoms with Crippen molar-refractivity contribution in [3.63, 3.8) is 0 Å². The lowest BCUT2D eigenvalue weighted by Crippen LogP contribution is -2.48. The van der Waals surface area contributed by atoms with Crippen LogP contribution in [0.5, 0.6) is 0 Å². The molecule has 1 N–H and O–H groups in total. The van der Waals surface area contributed by atoms with Gasteiger partial charge in [-0.2, -0.15) is 39.5 Å². The summed E-state index contributed by atoms with van der Waals surface area (Å²) in [7, 11) is 0.764. The van der Waals surface area contributed by atoms with Crippen LogP contribution >= 0.6 is 27.5 Å². The van der Waals surface area contributed by atoms with Gasteiger partial charge in [0.2, 0.25) is 5.91 Å². The van der Waals surface area contributed by atoms with Gasteiger partial charge in [-0.25, -0.2) is 4.39 Å². The van der Waals surface area contributed by atoms with Crippen LogP contribution in [0.2, 0.25) is 5.02 Å². The van der Waals surface area contributed by atoms with Crippen LogP contribution in [0.25, 0.3) is 5.83 Å². The molecule has 40 heavy (non-hydrogen) atoms. The molecule has 0 saturated carbocycles. The predicted molar refractivity (Wildman–Crippen MR) is 129 cm³/mol. The maximum Gasteiger partial charge on any atom is 0.417 e. The zero-order valence-electron chi connectivity index (χ0n) is 20.2. The highest BCUT2D eigenvalue weighted by atomic mass is 79.9. The largest absolute Gasteiger partial charge is 0.417 e. The van der Waals surface area contributed by atoms with Crippen LogP contribution in [-0.2, 0) is 11.0 Å². The Bertz CT molecular complexity index is 1290. The number of halogens is 12. The van der Waals surface area contributed by atoms with Crippen molar-refractivity contribution in [3.8, 4) is 0 Å². The maximum atomic E-state index is 14.9. The van der Waals surface area contributed by atoms with E-state index in [0.29, 0.717) is 12.1 Å². The van der Waals surface area contributed by atoms with Gasteiger partial charge in [-0.1, -0.05) is 23.7 Å². The molecular weight excluding hydrogens is 654 g/mol. The first kappa shape index (κ1) is 33.4. The zero-order valence-corrected chi connectivity index (χ0v) is 22.5. The Kier molecular flexibility index (Phi) is 10.3. The number of rotatable bonds is 7. The average Bonchev–Trinajstić information content (AvgIpc) is 2.80. The molecule has 2 aromatic carbocycles. The first-order valence-electron chi connectivity index (χ1n) is 10.8. The summed E-state index contributed by atoms with van der Waals surface area (Å²) in [5.41, 5.74) is -4.32. The molecule has 0 bridgehead atoms. The van der Waals surface area contributed by atoms with E-state index in [1.807, 2.05) is 5.32 Å². The molecule has 0 aliphatic heterocycles. The first-order chi connectivity index (χ1) is 18.1. The van der Waals surface area contributed by atoms with Crippen LogP contribution in [0.4, 0.5) is 43.9 Å². The van der Waals surface area contributed by atoms with E-state index in [4.69, 9.17) is 11.6 Å². The Labute approximate surface area is 234 Å². The Morgan fingerprint density at radius 2 is 1.62 bits per heavy atom. The summed E-state index contributed by atoms with van der Waals surface area (Å²) in [6, 6.07) is 2.53. The van der Waals surface area contributed by atoms with E-state index < -0.39 is 76.9 Å². The molecule has 220 valence electrons. The monoisotopic (exact) mass is 670 g/mol. The number of benzene rings is 2. The van der Waals surface area contributed by atoms with Gasteiger partial charge in [0.1, 0.15) is 24.3 Å². The highest BCUT2D eigenvalue weighted by Gasteiger charge is 2.41. The molecule has 0 saturated heterocycles. The highest BCUT2D eigenvalue weighted by Crippen LogP contribution is 2.41. The fourth-order valence-electron chi connectivity index (χ4n) is 3.47. The van der Waals surface area contributed by atoms with Crippen molar-refractivity contribution < 1.29 is 53.5 Å². The lowest BCUT2D eigenvalue weighted by atomic mass is 9.95. The van der Waals surface area contributed by atoms with Crippen LogP contribution in [-0.4, -0.2) is 48.7 Å². The average molecular weight is 672 g/mol. The molecule has 0 aromatic heterocycles. The molecule has 0 heterocycles. The molecule has 0 radical (unpaired) electrons. The molecule has 0 spiro atoms. The van der Waals surface area contributed by atoms with E-state index >= 15 is 0 Å². The molecule has 0 fully saturated rings. The number of amides is 2. The van der Waals surface area contributed by atoms with Crippen molar-refractivity contribution in [3.05, 3.63) is 74.2 Å². The van der Waals surface area contributed by atoms with Gasteiger partial charge in [0.15, 0.2) is 0 Å². The van der Waals surface area contributed by atoms with Gasteiger partial charge in [0.25, 0.3) is 5.91 Å². The fourth-order valence-corrected chi connectivity index (χ4v) is 3.98. The van der Waals surface area contributed by atoms with E-state index in [0.717, 1.165) is 32.2 Å². The number of alkyl halides is 9. The Morgan fingerprint density at radius 1 is 1.02 bits per heavy atom. The zero-order chi connectivity index (χ0) is 30.8. The number of hydrogen-bond donors (Lipinski definition) is 1. The van der Waals surface area contributed by atoms with Gasteiger partial charge in [-0.15, -0.1) is 0 Å². The number of allylic oxidation sites excluding steroid dienone is 1. The van der Waals surface area contributed by atoms with E-state index in [1.165, 1.54) is 0 Å². The molecular formula is C24H18BrClF10N2O2. The van der Waals surface area contributed by atoms with Crippen LogP contribution in [0.3, 0.4) is 0 Å². The second-order valence-electron chi connectivity index (χ2n) is 8.47. The summed E-state index contributed by atoms with van der Waals surface area (Å²) < 4.78 is 135. The van der Waals surface area contributed by atoms with Crippen molar-refractivity contribution >= 4 is 45.2 Å². The van der Waals surface area contributed by atoms with Gasteiger partial charge in [-0.05, 0) is 58.8 Å². The second kappa shape index (κ2) is 12.4.